The fourth-order valence-corrected chi connectivity index (χ4v) is 1.88. The van der Waals surface area contributed by atoms with Crippen LogP contribution in [0, 0.1) is 0 Å². The number of urea groups is 1. The summed E-state index contributed by atoms with van der Waals surface area (Å²) < 4.78 is 114. The van der Waals surface area contributed by atoms with E-state index in [4.69, 9.17) is 0 Å². The summed E-state index contributed by atoms with van der Waals surface area (Å²) in [7, 11) is 0. The highest BCUT2D eigenvalue weighted by atomic mass is 19.4. The first-order valence-electron chi connectivity index (χ1n) is 7.19. The third kappa shape index (κ3) is 6.11. The fourth-order valence-electron chi connectivity index (χ4n) is 1.88. The number of anilines is 2. The monoisotopic (exact) mass is 433 g/mol. The Bertz CT molecular complexity index is 860. The van der Waals surface area contributed by atoms with E-state index < -0.39 is 53.0 Å². The van der Waals surface area contributed by atoms with Crippen molar-refractivity contribution in [1.82, 2.24) is 15.4 Å². The minimum absolute atomic E-state index is 0.141. The van der Waals surface area contributed by atoms with E-state index in [1.54, 1.807) is 10.7 Å². The van der Waals surface area contributed by atoms with Crippen LogP contribution in [-0.4, -0.2) is 16.0 Å². The average Bonchev–Trinajstić information content (AvgIpc) is 2.58. The summed E-state index contributed by atoms with van der Waals surface area (Å²) in [6, 6.07) is -0.506. The number of hydrazine groups is 1. The van der Waals surface area contributed by atoms with Crippen LogP contribution < -0.4 is 16.2 Å². The lowest BCUT2D eigenvalue weighted by atomic mass is 10.1. The van der Waals surface area contributed by atoms with Crippen LogP contribution in [0.2, 0.25) is 0 Å². The zero-order valence-electron chi connectivity index (χ0n) is 13.6. The predicted octanol–water partition coefficient (Wildman–Crippen LogP) is 4.68. The van der Waals surface area contributed by atoms with Crippen molar-refractivity contribution in [1.29, 1.82) is 0 Å². The van der Waals surface area contributed by atoms with E-state index in [9.17, 15) is 44.3 Å². The number of carbonyl (C=O) groups excluding carboxylic acids is 1. The van der Waals surface area contributed by atoms with Gasteiger partial charge in [0, 0.05) is 11.9 Å². The second-order valence-electron chi connectivity index (χ2n) is 5.26. The maximum absolute atomic E-state index is 12.8. The van der Waals surface area contributed by atoms with Gasteiger partial charge in [0.2, 0.25) is 5.95 Å². The predicted molar refractivity (Wildman–Crippen MR) is 79.3 cm³/mol. The van der Waals surface area contributed by atoms with Gasteiger partial charge in [0.15, 0.2) is 0 Å². The summed E-state index contributed by atoms with van der Waals surface area (Å²) in [5.41, 5.74) is -2.03. The summed E-state index contributed by atoms with van der Waals surface area (Å²) >= 11 is 0. The Labute approximate surface area is 155 Å². The van der Waals surface area contributed by atoms with E-state index in [0.717, 1.165) is 0 Å². The van der Waals surface area contributed by atoms with E-state index in [1.807, 2.05) is 5.43 Å². The highest BCUT2D eigenvalue weighted by molar-refractivity contribution is 5.90. The van der Waals surface area contributed by atoms with E-state index in [0.29, 0.717) is 12.3 Å². The third-order valence-electron chi connectivity index (χ3n) is 3.08. The van der Waals surface area contributed by atoms with Crippen LogP contribution >= 0.6 is 0 Å². The van der Waals surface area contributed by atoms with Crippen LogP contribution in [0.25, 0.3) is 0 Å². The van der Waals surface area contributed by atoms with Gasteiger partial charge >= 0.3 is 24.6 Å². The van der Waals surface area contributed by atoms with Crippen molar-refractivity contribution in [3.05, 3.63) is 47.3 Å². The minimum Gasteiger partial charge on any atom is -0.307 e. The molecule has 15 heteroatoms. The van der Waals surface area contributed by atoms with Crippen molar-refractivity contribution in [2.24, 2.45) is 0 Å². The third-order valence-corrected chi connectivity index (χ3v) is 3.08. The Morgan fingerprint density at radius 2 is 1.38 bits per heavy atom. The molecule has 2 rings (SSSR count). The quantitative estimate of drug-likeness (QED) is 0.485. The maximum Gasteiger partial charge on any atom is 0.433 e. The number of rotatable bonds is 3. The normalized spacial score (nSPS) is 12.4. The standard InChI is InChI=1S/C14H8F9N5O/c15-12(16,17)6-3-7(13(18,19)20)5-8(4-6)25-11(29)28-27-10-24-2-1-9(26-10)14(21,22)23/h1-5H,(H,24,26,27)(H2,25,28,29). The van der Waals surface area contributed by atoms with Crippen LogP contribution in [0.15, 0.2) is 30.5 Å². The number of amides is 2. The second-order valence-corrected chi connectivity index (χ2v) is 5.26. The lowest BCUT2D eigenvalue weighted by molar-refractivity contribution is -0.143. The molecular weight excluding hydrogens is 425 g/mol. The molecule has 3 N–H and O–H groups in total. The van der Waals surface area contributed by atoms with Crippen molar-refractivity contribution in [2.75, 3.05) is 10.7 Å². The van der Waals surface area contributed by atoms with Gasteiger partial charge in [0.1, 0.15) is 5.69 Å². The highest BCUT2D eigenvalue weighted by Gasteiger charge is 2.37. The molecule has 0 saturated carbocycles. The first kappa shape index (κ1) is 22.0. The fraction of sp³-hybridized carbons (Fsp3) is 0.214. The van der Waals surface area contributed by atoms with Crippen LogP contribution in [0.1, 0.15) is 16.8 Å². The smallest absolute Gasteiger partial charge is 0.307 e. The van der Waals surface area contributed by atoms with Crippen molar-refractivity contribution in [3.63, 3.8) is 0 Å². The summed E-state index contributed by atoms with van der Waals surface area (Å²) in [5, 5.41) is 1.69. The molecule has 0 aliphatic heterocycles. The second kappa shape index (κ2) is 7.63. The number of hydrogen-bond acceptors (Lipinski definition) is 4. The Morgan fingerprint density at radius 1 is 0.828 bits per heavy atom. The zero-order valence-corrected chi connectivity index (χ0v) is 13.6. The summed E-state index contributed by atoms with van der Waals surface area (Å²) in [6.45, 7) is 0. The molecule has 1 aromatic heterocycles. The van der Waals surface area contributed by atoms with Crippen LogP contribution in [0.5, 0.6) is 0 Å². The van der Waals surface area contributed by atoms with Gasteiger partial charge < -0.3 is 5.32 Å². The van der Waals surface area contributed by atoms with Gasteiger partial charge in [-0.3, -0.25) is 5.43 Å². The molecule has 0 atom stereocenters. The molecule has 0 aliphatic carbocycles. The SMILES string of the molecule is O=C(NNc1nccc(C(F)(F)F)n1)Nc1cc(C(F)(F)F)cc(C(F)(F)F)c1. The van der Waals surface area contributed by atoms with E-state index in [-0.39, 0.29) is 18.2 Å². The number of hydrogen-bond donors (Lipinski definition) is 3. The topological polar surface area (TPSA) is 78.9 Å². The lowest BCUT2D eigenvalue weighted by Crippen LogP contribution is -2.34. The number of carbonyl (C=O) groups is 1. The molecule has 1 heterocycles. The molecule has 6 nitrogen and oxygen atoms in total. The Morgan fingerprint density at radius 3 is 1.86 bits per heavy atom. The maximum atomic E-state index is 12.8. The largest absolute Gasteiger partial charge is 0.433 e. The number of benzene rings is 1. The molecule has 0 bridgehead atoms. The van der Waals surface area contributed by atoms with Crippen LogP contribution in [0.4, 0.5) is 55.9 Å². The molecule has 0 fully saturated rings. The molecule has 0 aliphatic rings. The first-order chi connectivity index (χ1) is 13.2. The van der Waals surface area contributed by atoms with Gasteiger partial charge in [-0.15, -0.1) is 0 Å². The molecule has 1 aromatic carbocycles. The van der Waals surface area contributed by atoms with E-state index in [1.165, 1.54) is 0 Å². The van der Waals surface area contributed by atoms with Gasteiger partial charge in [-0.2, -0.15) is 39.5 Å². The van der Waals surface area contributed by atoms with E-state index in [2.05, 4.69) is 9.97 Å². The molecule has 0 spiro atoms. The number of nitrogens with zero attached hydrogens (tertiary/aromatic N) is 2. The van der Waals surface area contributed by atoms with Crippen molar-refractivity contribution < 1.29 is 44.3 Å². The van der Waals surface area contributed by atoms with Gasteiger partial charge in [-0.1, -0.05) is 0 Å². The van der Waals surface area contributed by atoms with Gasteiger partial charge in [0.25, 0.3) is 0 Å². The Hall–Kier alpha value is -3.26. The van der Waals surface area contributed by atoms with E-state index >= 15 is 0 Å². The van der Waals surface area contributed by atoms with Crippen molar-refractivity contribution >= 4 is 17.7 Å². The van der Waals surface area contributed by atoms with Crippen LogP contribution in [0.3, 0.4) is 0 Å². The molecule has 0 radical (unpaired) electrons. The minimum atomic E-state index is -5.13. The van der Waals surface area contributed by atoms with Gasteiger partial charge in [0.05, 0.1) is 11.1 Å². The average molecular weight is 433 g/mol. The van der Waals surface area contributed by atoms with Crippen LogP contribution in [-0.2, 0) is 18.5 Å². The highest BCUT2D eigenvalue weighted by Crippen LogP contribution is 2.37. The Kier molecular flexibility index (Phi) is 5.80. The van der Waals surface area contributed by atoms with Crippen molar-refractivity contribution in [3.8, 4) is 0 Å². The Balaban J connectivity index is 2.15. The molecular formula is C14H8F9N5O. The first-order valence-corrected chi connectivity index (χ1v) is 7.19. The summed E-state index contributed by atoms with van der Waals surface area (Å²) in [6.07, 6.45) is -14.4. The van der Waals surface area contributed by atoms with Gasteiger partial charge in [-0.05, 0) is 24.3 Å². The summed E-state index contributed by atoms with van der Waals surface area (Å²) in [5.74, 6) is -0.727. The molecule has 0 saturated heterocycles. The zero-order chi connectivity index (χ0) is 22.0. The number of halogens is 9. The molecule has 29 heavy (non-hydrogen) atoms. The molecule has 2 amide bonds. The summed E-state index contributed by atoms with van der Waals surface area (Å²) in [4.78, 5) is 18.1. The molecule has 0 unspecified atom stereocenters. The molecule has 158 valence electrons. The number of aromatic nitrogens is 2. The number of nitrogens with one attached hydrogen (secondary N) is 3. The lowest BCUT2D eigenvalue weighted by Gasteiger charge is -2.15. The van der Waals surface area contributed by atoms with Crippen molar-refractivity contribution in [2.45, 2.75) is 18.5 Å². The van der Waals surface area contributed by atoms with Gasteiger partial charge in [-0.25, -0.2) is 20.2 Å². The molecule has 2 aromatic rings. The number of alkyl halides is 9.